The summed E-state index contributed by atoms with van der Waals surface area (Å²) in [5, 5.41) is 10.9. The average molecular weight is 214 g/mol. The first-order valence-corrected chi connectivity index (χ1v) is 4.86. The molecule has 5 heteroatoms. The summed E-state index contributed by atoms with van der Waals surface area (Å²) in [6.07, 6.45) is 3.75. The van der Waals surface area contributed by atoms with E-state index in [2.05, 4.69) is 10.2 Å². The van der Waals surface area contributed by atoms with Crippen LogP contribution in [0.25, 0.3) is 0 Å². The third-order valence-electron chi connectivity index (χ3n) is 1.71. The molecule has 0 radical (unpaired) electrons. The summed E-state index contributed by atoms with van der Waals surface area (Å²) in [5.41, 5.74) is 0. The first-order chi connectivity index (χ1) is 7.02. The number of hydrogen-bond acceptors (Lipinski definition) is 3. The van der Waals surface area contributed by atoms with Gasteiger partial charge in [-0.15, -0.1) is 0 Å². The molecule has 0 aliphatic carbocycles. The highest BCUT2D eigenvalue weighted by molar-refractivity contribution is 5.93. The fourth-order valence-electron chi connectivity index (χ4n) is 0.971. The van der Waals surface area contributed by atoms with Gasteiger partial charge in [0.25, 0.3) is 0 Å². The van der Waals surface area contributed by atoms with Crippen LogP contribution in [0.4, 0.5) is 0 Å². The lowest BCUT2D eigenvalue weighted by Crippen LogP contribution is -2.23. The number of nitrogens with zero attached hydrogens (tertiary/aromatic N) is 1. The Labute approximate surface area is 89.8 Å². The maximum absolute atomic E-state index is 11.0. The molecule has 0 saturated carbocycles. The van der Waals surface area contributed by atoms with Gasteiger partial charge in [0, 0.05) is 18.7 Å². The standard InChI is InChI=1S/C10H18N2O3/c1-12(2)8-4-3-7-11-9(13)5-6-10(14)15/h5-6H,3-4,7-8H2,1-2H3,(H,11,13)(H,14,15). The van der Waals surface area contributed by atoms with Gasteiger partial charge in [0.15, 0.2) is 0 Å². The van der Waals surface area contributed by atoms with Crippen LogP contribution in [-0.4, -0.2) is 49.1 Å². The van der Waals surface area contributed by atoms with Crippen molar-refractivity contribution < 1.29 is 14.7 Å². The predicted octanol–water partition coefficient (Wildman–Crippen LogP) is 0.0852. The van der Waals surface area contributed by atoms with Crippen LogP contribution in [0.5, 0.6) is 0 Å². The van der Waals surface area contributed by atoms with Gasteiger partial charge >= 0.3 is 5.97 Å². The van der Waals surface area contributed by atoms with Crippen molar-refractivity contribution in [1.82, 2.24) is 10.2 Å². The fourth-order valence-corrected chi connectivity index (χ4v) is 0.971. The van der Waals surface area contributed by atoms with Crippen molar-refractivity contribution in [3.05, 3.63) is 12.2 Å². The van der Waals surface area contributed by atoms with Crippen molar-refractivity contribution in [2.75, 3.05) is 27.2 Å². The molecule has 0 aromatic carbocycles. The molecule has 0 fully saturated rings. The van der Waals surface area contributed by atoms with Gasteiger partial charge in [0.2, 0.25) is 5.91 Å². The number of carbonyl (C=O) groups is 2. The lowest BCUT2D eigenvalue weighted by Gasteiger charge is -2.08. The summed E-state index contributed by atoms with van der Waals surface area (Å²) >= 11 is 0. The van der Waals surface area contributed by atoms with Gasteiger partial charge in [0.1, 0.15) is 0 Å². The minimum atomic E-state index is -1.11. The molecule has 0 spiro atoms. The van der Waals surface area contributed by atoms with Gasteiger partial charge < -0.3 is 15.3 Å². The number of carboxylic acid groups (broad SMARTS) is 1. The first-order valence-electron chi connectivity index (χ1n) is 4.86. The van der Waals surface area contributed by atoms with Crippen molar-refractivity contribution in [2.24, 2.45) is 0 Å². The number of aliphatic carboxylic acids is 1. The van der Waals surface area contributed by atoms with Gasteiger partial charge in [-0.2, -0.15) is 0 Å². The monoisotopic (exact) mass is 214 g/mol. The van der Waals surface area contributed by atoms with E-state index in [1.807, 2.05) is 14.1 Å². The van der Waals surface area contributed by atoms with Crippen molar-refractivity contribution in [3.63, 3.8) is 0 Å². The summed E-state index contributed by atoms with van der Waals surface area (Å²) in [7, 11) is 3.99. The second-order valence-electron chi connectivity index (χ2n) is 3.47. The van der Waals surface area contributed by atoms with Crippen LogP contribution in [-0.2, 0) is 9.59 Å². The Balaban J connectivity index is 3.43. The summed E-state index contributed by atoms with van der Waals surface area (Å²) < 4.78 is 0. The van der Waals surface area contributed by atoms with Crippen LogP contribution in [0, 0.1) is 0 Å². The Hall–Kier alpha value is -1.36. The fraction of sp³-hybridized carbons (Fsp3) is 0.600. The summed E-state index contributed by atoms with van der Waals surface area (Å²) in [5.74, 6) is -1.47. The third-order valence-corrected chi connectivity index (χ3v) is 1.71. The highest BCUT2D eigenvalue weighted by Gasteiger charge is 1.96. The van der Waals surface area contributed by atoms with E-state index in [1.165, 1.54) is 0 Å². The zero-order valence-corrected chi connectivity index (χ0v) is 9.19. The minimum absolute atomic E-state index is 0.359. The average Bonchev–Trinajstić information content (AvgIpc) is 2.13. The summed E-state index contributed by atoms with van der Waals surface area (Å²) in [6.45, 7) is 1.57. The van der Waals surface area contributed by atoms with Gasteiger partial charge in [-0.25, -0.2) is 4.79 Å². The minimum Gasteiger partial charge on any atom is -0.478 e. The van der Waals surface area contributed by atoms with Crippen molar-refractivity contribution >= 4 is 11.9 Å². The molecule has 0 aromatic rings. The predicted molar refractivity (Wildman–Crippen MR) is 57.6 cm³/mol. The molecule has 0 unspecified atom stereocenters. The molecule has 0 aromatic heterocycles. The molecule has 0 aliphatic heterocycles. The maximum Gasteiger partial charge on any atom is 0.328 e. The van der Waals surface area contributed by atoms with E-state index in [0.717, 1.165) is 31.5 Å². The number of hydrogen-bond donors (Lipinski definition) is 2. The topological polar surface area (TPSA) is 69.6 Å². The number of unbranched alkanes of at least 4 members (excludes halogenated alkanes) is 1. The molecule has 0 saturated heterocycles. The van der Waals surface area contributed by atoms with Crippen LogP contribution in [0.15, 0.2) is 12.2 Å². The van der Waals surface area contributed by atoms with E-state index in [1.54, 1.807) is 0 Å². The van der Waals surface area contributed by atoms with E-state index in [4.69, 9.17) is 5.11 Å². The summed E-state index contributed by atoms with van der Waals surface area (Å²) in [4.78, 5) is 23.1. The van der Waals surface area contributed by atoms with Crippen LogP contribution in [0.3, 0.4) is 0 Å². The van der Waals surface area contributed by atoms with Gasteiger partial charge in [-0.05, 0) is 33.5 Å². The molecule has 0 heterocycles. The maximum atomic E-state index is 11.0. The Kier molecular flexibility index (Phi) is 7.27. The van der Waals surface area contributed by atoms with E-state index in [9.17, 15) is 9.59 Å². The van der Waals surface area contributed by atoms with E-state index in [-0.39, 0.29) is 5.91 Å². The zero-order valence-electron chi connectivity index (χ0n) is 9.19. The highest BCUT2D eigenvalue weighted by atomic mass is 16.4. The first kappa shape index (κ1) is 13.6. The van der Waals surface area contributed by atoms with Gasteiger partial charge in [0.05, 0.1) is 0 Å². The molecular weight excluding hydrogens is 196 g/mol. The largest absolute Gasteiger partial charge is 0.478 e. The van der Waals surface area contributed by atoms with E-state index in [0.29, 0.717) is 6.54 Å². The number of carbonyl (C=O) groups excluding carboxylic acids is 1. The smallest absolute Gasteiger partial charge is 0.328 e. The number of rotatable bonds is 7. The molecular formula is C10H18N2O3. The van der Waals surface area contributed by atoms with Gasteiger partial charge in [-0.3, -0.25) is 4.79 Å². The summed E-state index contributed by atoms with van der Waals surface area (Å²) in [6, 6.07) is 0. The van der Waals surface area contributed by atoms with Crippen molar-refractivity contribution in [1.29, 1.82) is 0 Å². The third kappa shape index (κ3) is 10.6. The normalized spacial score (nSPS) is 10.9. The second-order valence-corrected chi connectivity index (χ2v) is 3.47. The van der Waals surface area contributed by atoms with E-state index >= 15 is 0 Å². The van der Waals surface area contributed by atoms with Crippen molar-refractivity contribution in [3.8, 4) is 0 Å². The van der Waals surface area contributed by atoms with Crippen LogP contribution in [0.2, 0.25) is 0 Å². The molecule has 2 N–H and O–H groups in total. The second kappa shape index (κ2) is 7.99. The van der Waals surface area contributed by atoms with Gasteiger partial charge in [-0.1, -0.05) is 0 Å². The van der Waals surface area contributed by atoms with E-state index < -0.39 is 5.97 Å². The quantitative estimate of drug-likeness (QED) is 0.465. The zero-order chi connectivity index (χ0) is 11.7. The lowest BCUT2D eigenvalue weighted by atomic mass is 10.3. The van der Waals surface area contributed by atoms with Crippen LogP contribution in [0.1, 0.15) is 12.8 Å². The lowest BCUT2D eigenvalue weighted by molar-refractivity contribution is -0.131. The Bertz CT molecular complexity index is 237. The SMILES string of the molecule is CN(C)CCCCNC(=O)C=CC(=O)O. The number of nitrogens with one attached hydrogen (secondary N) is 1. The molecule has 0 aliphatic rings. The molecule has 15 heavy (non-hydrogen) atoms. The number of amides is 1. The van der Waals surface area contributed by atoms with Crippen LogP contribution >= 0.6 is 0 Å². The molecule has 1 amide bonds. The molecule has 0 bridgehead atoms. The molecule has 5 nitrogen and oxygen atoms in total. The molecule has 0 rings (SSSR count). The van der Waals surface area contributed by atoms with Crippen molar-refractivity contribution in [2.45, 2.75) is 12.8 Å². The Morgan fingerprint density at radius 2 is 1.93 bits per heavy atom. The Morgan fingerprint density at radius 1 is 1.27 bits per heavy atom. The Morgan fingerprint density at radius 3 is 2.47 bits per heavy atom. The highest BCUT2D eigenvalue weighted by Crippen LogP contribution is 1.88. The molecule has 0 atom stereocenters. The number of carboxylic acids is 1. The molecule has 86 valence electrons. The van der Waals surface area contributed by atoms with Crippen LogP contribution < -0.4 is 5.32 Å².